The average molecular weight is 300 g/mol. The molecule has 2 saturated carbocycles. The lowest BCUT2D eigenvalue weighted by Gasteiger charge is -2.22. The van der Waals surface area contributed by atoms with Crippen LogP contribution in [0.15, 0.2) is 15.9 Å². The molecular formula is C13H18BrNS. The molecule has 1 nitrogen and oxygen atoms in total. The number of thiophene rings is 1. The average Bonchev–Trinajstić information content (AvgIpc) is 3.14. The van der Waals surface area contributed by atoms with Gasteiger partial charge in [-0.25, -0.2) is 0 Å². The minimum Gasteiger partial charge on any atom is -0.306 e. The fourth-order valence-corrected chi connectivity index (χ4v) is 4.28. The summed E-state index contributed by atoms with van der Waals surface area (Å²) >= 11 is 5.49. The maximum atomic E-state index is 3.86. The summed E-state index contributed by atoms with van der Waals surface area (Å²) in [4.78, 5) is 1.45. The van der Waals surface area contributed by atoms with Crippen molar-refractivity contribution in [3.8, 4) is 0 Å². The zero-order chi connectivity index (χ0) is 11.1. The summed E-state index contributed by atoms with van der Waals surface area (Å²) in [6.45, 7) is 2.30. The number of hydrogen-bond acceptors (Lipinski definition) is 2. The molecule has 0 spiro atoms. The molecule has 0 bridgehead atoms. The summed E-state index contributed by atoms with van der Waals surface area (Å²) < 4.78 is 1.27. The molecule has 2 fully saturated rings. The molecule has 0 radical (unpaired) electrons. The minimum absolute atomic E-state index is 0.501. The van der Waals surface area contributed by atoms with Crippen molar-refractivity contribution < 1.29 is 0 Å². The Labute approximate surface area is 110 Å². The summed E-state index contributed by atoms with van der Waals surface area (Å²) in [6.07, 6.45) is 5.80. The van der Waals surface area contributed by atoms with E-state index >= 15 is 0 Å². The van der Waals surface area contributed by atoms with Crippen LogP contribution in [0.5, 0.6) is 0 Å². The summed E-state index contributed by atoms with van der Waals surface area (Å²) in [5.41, 5.74) is 0. The van der Waals surface area contributed by atoms with Crippen LogP contribution in [-0.2, 0) is 0 Å². The van der Waals surface area contributed by atoms with E-state index in [9.17, 15) is 0 Å². The van der Waals surface area contributed by atoms with Crippen molar-refractivity contribution in [3.63, 3.8) is 0 Å². The highest BCUT2D eigenvalue weighted by molar-refractivity contribution is 9.10. The number of rotatable bonds is 5. The van der Waals surface area contributed by atoms with E-state index in [2.05, 4.69) is 39.6 Å². The van der Waals surface area contributed by atoms with Crippen LogP contribution >= 0.6 is 27.3 Å². The topological polar surface area (TPSA) is 12.0 Å². The van der Waals surface area contributed by atoms with E-state index in [4.69, 9.17) is 0 Å². The van der Waals surface area contributed by atoms with Gasteiger partial charge in [-0.3, -0.25) is 0 Å². The number of hydrogen-bond donors (Lipinski definition) is 1. The Balaban J connectivity index is 1.66. The lowest BCUT2D eigenvalue weighted by atomic mass is 10.1. The highest BCUT2D eigenvalue weighted by Crippen LogP contribution is 2.45. The Bertz CT molecular complexity index is 356. The largest absolute Gasteiger partial charge is 0.306 e. The molecule has 1 aromatic heterocycles. The van der Waals surface area contributed by atoms with Crippen LogP contribution in [0.3, 0.4) is 0 Å². The van der Waals surface area contributed by atoms with Crippen LogP contribution in [0.4, 0.5) is 0 Å². The van der Waals surface area contributed by atoms with Gasteiger partial charge in [0.2, 0.25) is 0 Å². The summed E-state index contributed by atoms with van der Waals surface area (Å²) in [5.74, 6) is 1.96. The molecule has 1 unspecified atom stereocenters. The lowest BCUT2D eigenvalue weighted by Crippen LogP contribution is -2.34. The van der Waals surface area contributed by atoms with Crippen LogP contribution in [0, 0.1) is 11.8 Å². The smallest absolute Gasteiger partial charge is 0.0399 e. The first-order valence-electron chi connectivity index (χ1n) is 6.24. The van der Waals surface area contributed by atoms with Crippen molar-refractivity contribution in [1.82, 2.24) is 5.32 Å². The fraction of sp³-hybridized carbons (Fsp3) is 0.692. The van der Waals surface area contributed by atoms with Gasteiger partial charge < -0.3 is 5.32 Å². The van der Waals surface area contributed by atoms with Gasteiger partial charge in [0.15, 0.2) is 0 Å². The summed E-state index contributed by atoms with van der Waals surface area (Å²) in [5, 5.41) is 6.03. The second-order valence-corrected chi connectivity index (χ2v) is 7.02. The molecule has 3 rings (SSSR count). The molecule has 16 heavy (non-hydrogen) atoms. The summed E-state index contributed by atoms with van der Waals surface area (Å²) in [7, 11) is 0. The van der Waals surface area contributed by atoms with E-state index in [0.29, 0.717) is 6.04 Å². The molecule has 0 aliphatic heterocycles. The maximum Gasteiger partial charge on any atom is 0.0399 e. The first-order valence-corrected chi connectivity index (χ1v) is 7.92. The molecule has 1 N–H and O–H groups in total. The Morgan fingerprint density at radius 2 is 1.94 bits per heavy atom. The molecule has 1 atom stereocenters. The predicted octanol–water partition coefficient (Wildman–Crippen LogP) is 4.35. The van der Waals surface area contributed by atoms with Crippen LogP contribution in [0.25, 0.3) is 0 Å². The number of halogens is 1. The lowest BCUT2D eigenvalue weighted by molar-refractivity contribution is 0.379. The van der Waals surface area contributed by atoms with Crippen LogP contribution in [-0.4, -0.2) is 6.04 Å². The monoisotopic (exact) mass is 299 g/mol. The Morgan fingerprint density at radius 3 is 2.38 bits per heavy atom. The van der Waals surface area contributed by atoms with Crippen molar-refractivity contribution in [2.75, 3.05) is 0 Å². The molecule has 0 aromatic carbocycles. The van der Waals surface area contributed by atoms with Gasteiger partial charge in [0.25, 0.3) is 0 Å². The van der Waals surface area contributed by atoms with E-state index < -0.39 is 0 Å². The van der Waals surface area contributed by atoms with Gasteiger partial charge in [-0.05, 0) is 71.8 Å². The quantitative estimate of drug-likeness (QED) is 0.852. The molecule has 0 amide bonds. The Morgan fingerprint density at radius 1 is 1.31 bits per heavy atom. The zero-order valence-electron chi connectivity index (χ0n) is 9.58. The molecule has 2 aliphatic carbocycles. The molecule has 1 aromatic rings. The number of nitrogens with one attached hydrogen (secondary N) is 1. The predicted molar refractivity (Wildman–Crippen MR) is 72.8 cm³/mol. The van der Waals surface area contributed by atoms with Crippen molar-refractivity contribution in [1.29, 1.82) is 0 Å². The van der Waals surface area contributed by atoms with E-state index in [1.165, 1.54) is 35.0 Å². The standard InChI is InChI=1S/C13H18BrNS/c1-8(13-11(14)6-7-16-13)15-12(9-2-3-9)10-4-5-10/h6-10,12,15H,2-5H2,1H3. The van der Waals surface area contributed by atoms with Gasteiger partial charge in [0.1, 0.15) is 0 Å². The SMILES string of the molecule is CC(NC(C1CC1)C1CC1)c1sccc1Br. The molecular weight excluding hydrogens is 282 g/mol. The van der Waals surface area contributed by atoms with Crippen LogP contribution in [0.2, 0.25) is 0 Å². The normalized spacial score (nSPS) is 22.7. The zero-order valence-corrected chi connectivity index (χ0v) is 12.0. The Hall–Kier alpha value is 0.140. The highest BCUT2D eigenvalue weighted by atomic mass is 79.9. The molecule has 0 saturated heterocycles. The van der Waals surface area contributed by atoms with E-state index in [1.54, 1.807) is 0 Å². The molecule has 88 valence electrons. The molecule has 1 heterocycles. The maximum absolute atomic E-state index is 3.86. The summed E-state index contributed by atoms with van der Waals surface area (Å²) in [6, 6.07) is 3.45. The van der Waals surface area contributed by atoms with E-state index in [1.807, 2.05) is 11.3 Å². The van der Waals surface area contributed by atoms with Gasteiger partial charge in [-0.15, -0.1) is 11.3 Å². The fourth-order valence-electron chi connectivity index (χ4n) is 2.55. The van der Waals surface area contributed by atoms with E-state index in [0.717, 1.165) is 17.9 Å². The Kier molecular flexibility index (Phi) is 3.11. The third-order valence-electron chi connectivity index (χ3n) is 3.74. The first-order chi connectivity index (χ1) is 7.75. The molecule has 3 heteroatoms. The molecule has 2 aliphatic rings. The second kappa shape index (κ2) is 4.43. The minimum atomic E-state index is 0.501. The van der Waals surface area contributed by atoms with Crippen molar-refractivity contribution in [2.45, 2.75) is 44.7 Å². The van der Waals surface area contributed by atoms with Crippen LogP contribution in [0.1, 0.15) is 43.5 Å². The van der Waals surface area contributed by atoms with Gasteiger partial charge in [0, 0.05) is 21.4 Å². The van der Waals surface area contributed by atoms with Crippen molar-refractivity contribution in [3.05, 3.63) is 20.8 Å². The van der Waals surface area contributed by atoms with Crippen molar-refractivity contribution in [2.24, 2.45) is 11.8 Å². The van der Waals surface area contributed by atoms with Gasteiger partial charge in [-0.1, -0.05) is 0 Å². The van der Waals surface area contributed by atoms with Gasteiger partial charge >= 0.3 is 0 Å². The van der Waals surface area contributed by atoms with Crippen molar-refractivity contribution >= 4 is 27.3 Å². The third-order valence-corrected chi connectivity index (χ3v) is 5.79. The second-order valence-electron chi connectivity index (χ2n) is 5.22. The van der Waals surface area contributed by atoms with Gasteiger partial charge in [0.05, 0.1) is 0 Å². The first kappa shape index (κ1) is 11.2. The van der Waals surface area contributed by atoms with E-state index in [-0.39, 0.29) is 0 Å². The third kappa shape index (κ3) is 2.36. The van der Waals surface area contributed by atoms with Crippen LogP contribution < -0.4 is 5.32 Å². The van der Waals surface area contributed by atoms with Gasteiger partial charge in [-0.2, -0.15) is 0 Å². The highest BCUT2D eigenvalue weighted by Gasteiger charge is 2.41.